The van der Waals surface area contributed by atoms with Crippen LogP contribution in [0.1, 0.15) is 88.7 Å². The van der Waals surface area contributed by atoms with E-state index in [9.17, 15) is 20.0 Å². The predicted molar refractivity (Wildman–Crippen MR) is 249 cm³/mol. The molecule has 3 N–H and O–H groups in total. The second-order valence-electron chi connectivity index (χ2n) is 20.5. The van der Waals surface area contributed by atoms with Crippen molar-refractivity contribution in [3.05, 3.63) is 99.3 Å². The average Bonchev–Trinajstić information content (AvgIpc) is 3.85. The summed E-state index contributed by atoms with van der Waals surface area (Å²) in [5, 5.41) is 24.5. The first-order chi connectivity index (χ1) is 30.8. The molecule has 5 aromatic rings. The quantitative estimate of drug-likeness (QED) is 0.103. The number of rotatable bonds is 14. The molecule has 342 valence electrons. The number of aliphatic hydroxyl groups is 1. The molecule has 4 aliphatic rings. The number of pyridine rings is 1. The number of H-pyrrole nitrogens is 1. The van der Waals surface area contributed by atoms with Crippen molar-refractivity contribution in [3.63, 3.8) is 0 Å². The smallest absolute Gasteiger partial charge is 0.274 e. The van der Waals surface area contributed by atoms with Crippen LogP contribution in [-0.4, -0.2) is 99.1 Å². The molecular weight excluding hydrogens is 844 g/mol. The van der Waals surface area contributed by atoms with E-state index >= 15 is 0 Å². The van der Waals surface area contributed by atoms with Crippen molar-refractivity contribution >= 4 is 34.4 Å². The summed E-state index contributed by atoms with van der Waals surface area (Å²) in [4.78, 5) is 43.3. The third-order valence-electron chi connectivity index (χ3n) is 14.3. The van der Waals surface area contributed by atoms with Crippen molar-refractivity contribution < 1.29 is 24.1 Å². The Morgan fingerprint density at radius 1 is 1.02 bits per heavy atom. The van der Waals surface area contributed by atoms with Gasteiger partial charge in [-0.2, -0.15) is 5.26 Å². The number of ether oxygens (including phenoxy) is 3. The van der Waals surface area contributed by atoms with Crippen LogP contribution in [0.15, 0.2) is 72.0 Å². The number of carbonyl (C=O) groups is 1. The van der Waals surface area contributed by atoms with Crippen molar-refractivity contribution in [3.8, 4) is 28.7 Å². The first-order valence-corrected chi connectivity index (χ1v) is 23.0. The van der Waals surface area contributed by atoms with E-state index in [-0.39, 0.29) is 52.1 Å². The lowest BCUT2D eigenvalue weighted by atomic mass is 9.49. The zero-order valence-electron chi connectivity index (χ0n) is 38.3. The zero-order valence-corrected chi connectivity index (χ0v) is 39.0. The van der Waals surface area contributed by atoms with Crippen molar-refractivity contribution in [1.82, 2.24) is 29.7 Å². The fourth-order valence-electron chi connectivity index (χ4n) is 10.6. The Morgan fingerprint density at radius 3 is 2.37 bits per heavy atom. The first-order valence-electron chi connectivity index (χ1n) is 22.6. The number of fused-ring (bicyclic) bond motifs is 1. The number of piperidine rings is 1. The molecule has 0 unspecified atom stereocenters. The number of aromatic amines is 1. The number of amides is 1. The monoisotopic (exact) mass is 902 g/mol. The summed E-state index contributed by atoms with van der Waals surface area (Å²) >= 11 is 6.26. The van der Waals surface area contributed by atoms with E-state index in [0.717, 1.165) is 86.2 Å². The summed E-state index contributed by atoms with van der Waals surface area (Å²) in [6.07, 6.45) is 11.0. The number of aryl methyl sites for hydroxylation is 1. The number of hydrogen-bond donors (Lipinski definition) is 3. The van der Waals surface area contributed by atoms with Crippen molar-refractivity contribution in [2.24, 2.45) is 23.3 Å². The molecule has 5 heterocycles. The molecule has 2 aliphatic carbocycles. The van der Waals surface area contributed by atoms with Gasteiger partial charge in [-0.05, 0) is 75.4 Å². The Morgan fingerprint density at radius 2 is 1.72 bits per heavy atom. The summed E-state index contributed by atoms with van der Waals surface area (Å²) in [6, 6.07) is 14.7. The lowest BCUT2D eigenvalue weighted by Gasteiger charge is -2.63. The minimum Gasteiger partial charge on any atom is -0.492 e. The number of aromatic nitrogens is 4. The molecule has 65 heavy (non-hydrogen) atoms. The van der Waals surface area contributed by atoms with Gasteiger partial charge in [0.1, 0.15) is 29.2 Å². The van der Waals surface area contributed by atoms with Crippen LogP contribution < -0.4 is 25.2 Å². The number of nitriles is 1. The maximum Gasteiger partial charge on any atom is 0.274 e. The Kier molecular flexibility index (Phi) is 11.5. The second kappa shape index (κ2) is 16.8. The van der Waals surface area contributed by atoms with Gasteiger partial charge in [-0.15, -0.1) is 0 Å². The minimum absolute atomic E-state index is 0.0811. The average molecular weight is 904 g/mol. The van der Waals surface area contributed by atoms with Crippen LogP contribution in [0.5, 0.6) is 11.5 Å². The highest BCUT2D eigenvalue weighted by atomic mass is 35.5. The zero-order chi connectivity index (χ0) is 46.1. The summed E-state index contributed by atoms with van der Waals surface area (Å²) in [5.74, 6) is 1.70. The maximum absolute atomic E-state index is 13.5. The van der Waals surface area contributed by atoms with Crippen LogP contribution in [0.4, 0.5) is 5.95 Å². The number of carbonyl (C=O) groups excluding carboxylic acids is 1. The third-order valence-corrected chi connectivity index (χ3v) is 14.6. The molecule has 2 saturated carbocycles. The van der Waals surface area contributed by atoms with Crippen molar-refractivity contribution in [2.45, 2.75) is 97.2 Å². The number of hydrogen-bond acceptors (Lipinski definition) is 11. The summed E-state index contributed by atoms with van der Waals surface area (Å²) in [7, 11) is 1.75. The van der Waals surface area contributed by atoms with Gasteiger partial charge in [0.25, 0.3) is 11.5 Å². The lowest BCUT2D eigenvalue weighted by molar-refractivity contribution is -0.164. The molecule has 2 aromatic carbocycles. The van der Waals surface area contributed by atoms with Crippen molar-refractivity contribution in [1.29, 1.82) is 5.26 Å². The van der Waals surface area contributed by atoms with Crippen molar-refractivity contribution in [2.75, 3.05) is 44.2 Å². The highest BCUT2D eigenvalue weighted by Gasteiger charge is 2.64. The molecule has 0 bridgehead atoms. The Bertz CT molecular complexity index is 2680. The van der Waals surface area contributed by atoms with Gasteiger partial charge in [0, 0.05) is 109 Å². The maximum atomic E-state index is 13.5. The second-order valence-corrected chi connectivity index (χ2v) is 20.9. The molecule has 2 saturated heterocycles. The molecule has 14 nitrogen and oxygen atoms in total. The summed E-state index contributed by atoms with van der Waals surface area (Å²) in [5.41, 5.74) is 2.01. The van der Waals surface area contributed by atoms with Gasteiger partial charge in [-0.1, -0.05) is 45.4 Å². The van der Waals surface area contributed by atoms with Crippen LogP contribution >= 0.6 is 11.6 Å². The molecule has 9 rings (SSSR count). The molecule has 15 heteroatoms. The van der Waals surface area contributed by atoms with Crippen LogP contribution in [0.3, 0.4) is 0 Å². The van der Waals surface area contributed by atoms with E-state index in [2.05, 4.69) is 63.8 Å². The number of halogens is 1. The Balaban J connectivity index is 0.731. The van der Waals surface area contributed by atoms with E-state index in [4.69, 9.17) is 25.8 Å². The Labute approximate surface area is 384 Å². The lowest BCUT2D eigenvalue weighted by Crippen LogP contribution is -2.74. The fraction of sp³-hybridized carbons (Fsp3) is 0.500. The van der Waals surface area contributed by atoms with Gasteiger partial charge in [-0.3, -0.25) is 14.5 Å². The summed E-state index contributed by atoms with van der Waals surface area (Å²) < 4.78 is 21.2. The van der Waals surface area contributed by atoms with E-state index in [1.165, 1.54) is 0 Å². The molecule has 0 radical (unpaired) electrons. The largest absolute Gasteiger partial charge is 0.492 e. The SMILES string of the molecule is Cn1cc(-c2cc(C(C)(C)O)ccc2OCC2(CN3CC(OC4CCN(c5ncc(C(=O)NC6C(C)(C)C(Oc7ccc(C#N)c(Cl)c7)C6(C)C)cn5)CC4)C3)CC2)c2cc[nH]c2c1=O. The highest BCUT2D eigenvalue weighted by molar-refractivity contribution is 6.31. The molecule has 1 amide bonds. The molecule has 2 aliphatic heterocycles. The van der Waals surface area contributed by atoms with Crippen LogP contribution in [-0.2, 0) is 17.4 Å². The molecule has 0 atom stereocenters. The first kappa shape index (κ1) is 44.7. The molecular formula is C50H59ClN8O6. The van der Waals surface area contributed by atoms with Crippen LogP contribution in [0, 0.1) is 27.6 Å². The highest BCUT2D eigenvalue weighted by Crippen LogP contribution is 2.56. The predicted octanol–water partition coefficient (Wildman–Crippen LogP) is 7.22. The van der Waals surface area contributed by atoms with Gasteiger partial charge < -0.3 is 39.1 Å². The van der Waals surface area contributed by atoms with E-state index in [1.807, 2.05) is 30.5 Å². The fourth-order valence-corrected chi connectivity index (χ4v) is 10.8. The van der Waals surface area contributed by atoms with Gasteiger partial charge in [0.05, 0.1) is 40.6 Å². The molecule has 3 aromatic heterocycles. The van der Waals surface area contributed by atoms with E-state index < -0.39 is 5.60 Å². The third kappa shape index (κ3) is 8.71. The van der Waals surface area contributed by atoms with Gasteiger partial charge in [0.2, 0.25) is 5.95 Å². The van der Waals surface area contributed by atoms with E-state index in [1.54, 1.807) is 62.3 Å². The standard InChI is InChI=1S/C50H59ClN8O6/c1-47(2)44(48(3,4)45(47)65-34-10-8-30(22-52)39(51)21-34)56-42(60)31-23-54-46(55-24-31)59-18-13-33(14-19-59)64-35-25-58(26-35)28-50(15-16-50)29-63-40-11-9-32(49(5,6)62)20-37(40)38-27-57(7)43(61)41-36(38)12-17-53-41/h8-12,17,20-21,23-24,27,33,35,44-45,53,62H,13-16,18-19,25-26,28-29H2,1-7H3,(H,56,60). The van der Waals surface area contributed by atoms with E-state index in [0.29, 0.717) is 40.0 Å². The van der Waals surface area contributed by atoms with Crippen LogP contribution in [0.2, 0.25) is 5.02 Å². The molecule has 4 fully saturated rings. The Hall–Kier alpha value is -5.46. The number of nitrogens with one attached hydrogen (secondary N) is 2. The topological polar surface area (TPSA) is 171 Å². The van der Waals surface area contributed by atoms with Gasteiger partial charge >= 0.3 is 0 Å². The van der Waals surface area contributed by atoms with Crippen LogP contribution in [0.25, 0.3) is 22.0 Å². The van der Waals surface area contributed by atoms with Gasteiger partial charge in [-0.25, -0.2) is 9.97 Å². The summed E-state index contributed by atoms with van der Waals surface area (Å²) in [6.45, 7) is 16.7. The van der Waals surface area contributed by atoms with Gasteiger partial charge in [0.15, 0.2) is 0 Å². The normalized spacial score (nSPS) is 21.6. The number of likely N-dealkylation sites (tertiary alicyclic amines) is 1. The number of anilines is 1. The number of nitrogens with zero attached hydrogens (tertiary/aromatic N) is 6. The molecule has 0 spiro atoms. The minimum atomic E-state index is -1.04. The number of benzene rings is 2.